The number of nitrogens with one attached hydrogen (secondary N) is 1. The summed E-state index contributed by atoms with van der Waals surface area (Å²) in [5.41, 5.74) is -1.49. The third-order valence-electron chi connectivity index (χ3n) is 2.07. The van der Waals surface area contributed by atoms with Crippen molar-refractivity contribution in [2.45, 2.75) is 38.4 Å². The van der Waals surface area contributed by atoms with Crippen LogP contribution in [0.3, 0.4) is 0 Å². The van der Waals surface area contributed by atoms with E-state index in [0.29, 0.717) is 13.0 Å². The van der Waals surface area contributed by atoms with Gasteiger partial charge in [-0.1, -0.05) is 0 Å². The average molecular weight is 219 g/mol. The lowest BCUT2D eigenvalue weighted by atomic mass is 10.1. The molecule has 90 valence electrons. The Morgan fingerprint density at radius 1 is 1.60 bits per heavy atom. The maximum absolute atomic E-state index is 11.1. The topological polar surface area (TPSA) is 78.8 Å². The van der Waals surface area contributed by atoms with Crippen molar-refractivity contribution in [3.05, 3.63) is 0 Å². The smallest absolute Gasteiger partial charge is 0.338 e. The third kappa shape index (κ3) is 6.43. The molecule has 5 heteroatoms. The Kier molecular flexibility index (Phi) is 6.47. The summed E-state index contributed by atoms with van der Waals surface area (Å²) >= 11 is 0. The molecule has 0 radical (unpaired) electrons. The Morgan fingerprint density at radius 3 is 2.67 bits per heavy atom. The Morgan fingerprint density at radius 2 is 2.20 bits per heavy atom. The first-order valence-electron chi connectivity index (χ1n) is 5.09. The second-order valence-electron chi connectivity index (χ2n) is 3.93. The molecule has 2 atom stereocenters. The van der Waals surface area contributed by atoms with Gasteiger partial charge in [-0.05, 0) is 33.2 Å². The van der Waals surface area contributed by atoms with Gasteiger partial charge in [-0.3, -0.25) is 0 Å². The molecule has 0 amide bonds. The monoisotopic (exact) mass is 219 g/mol. The van der Waals surface area contributed by atoms with E-state index >= 15 is 0 Å². The zero-order chi connectivity index (χ0) is 11.9. The normalized spacial score (nSPS) is 16.9. The standard InChI is InChI=1S/C10H21NO4/c1-8(12)5-4-6-11-7-10(2,14)9(13)15-3/h8,11-12,14H,4-7H2,1-3H3. The number of carbonyl (C=O) groups is 1. The molecule has 0 aromatic heterocycles. The molecule has 0 spiro atoms. The average Bonchev–Trinajstić information content (AvgIpc) is 2.15. The van der Waals surface area contributed by atoms with Crippen molar-refractivity contribution in [3.63, 3.8) is 0 Å². The minimum Gasteiger partial charge on any atom is -0.467 e. The van der Waals surface area contributed by atoms with Crippen LogP contribution >= 0.6 is 0 Å². The Labute approximate surface area is 90.4 Å². The molecule has 0 aliphatic heterocycles. The molecule has 0 rings (SSSR count). The summed E-state index contributed by atoms with van der Waals surface area (Å²) < 4.78 is 4.44. The minimum absolute atomic E-state index is 0.152. The third-order valence-corrected chi connectivity index (χ3v) is 2.07. The zero-order valence-electron chi connectivity index (χ0n) is 9.62. The van der Waals surface area contributed by atoms with Gasteiger partial charge in [-0.15, -0.1) is 0 Å². The van der Waals surface area contributed by atoms with Crippen molar-refractivity contribution in [1.29, 1.82) is 0 Å². The molecule has 0 aliphatic carbocycles. The molecule has 3 N–H and O–H groups in total. The van der Waals surface area contributed by atoms with Gasteiger partial charge in [-0.25, -0.2) is 4.79 Å². The van der Waals surface area contributed by atoms with Gasteiger partial charge in [0.1, 0.15) is 0 Å². The summed E-state index contributed by atoms with van der Waals surface area (Å²) in [4.78, 5) is 11.1. The van der Waals surface area contributed by atoms with Crippen LogP contribution < -0.4 is 5.32 Å². The van der Waals surface area contributed by atoms with Gasteiger partial charge in [0.25, 0.3) is 0 Å². The summed E-state index contributed by atoms with van der Waals surface area (Å²) in [6.07, 6.45) is 1.19. The van der Waals surface area contributed by atoms with Crippen LogP contribution in [0.1, 0.15) is 26.7 Å². The molecular weight excluding hydrogens is 198 g/mol. The second-order valence-corrected chi connectivity index (χ2v) is 3.93. The highest BCUT2D eigenvalue weighted by Crippen LogP contribution is 2.03. The lowest BCUT2D eigenvalue weighted by Gasteiger charge is -2.20. The van der Waals surface area contributed by atoms with Crippen LogP contribution in [-0.2, 0) is 9.53 Å². The largest absolute Gasteiger partial charge is 0.467 e. The summed E-state index contributed by atoms with van der Waals surface area (Å²) in [6.45, 7) is 3.93. The Hall–Kier alpha value is -0.650. The molecule has 5 nitrogen and oxygen atoms in total. The van der Waals surface area contributed by atoms with Crippen molar-refractivity contribution in [3.8, 4) is 0 Å². The van der Waals surface area contributed by atoms with Gasteiger partial charge in [-0.2, -0.15) is 0 Å². The molecule has 2 unspecified atom stereocenters. The predicted molar refractivity (Wildman–Crippen MR) is 56.4 cm³/mol. The van der Waals surface area contributed by atoms with Crippen molar-refractivity contribution in [2.24, 2.45) is 0 Å². The second kappa shape index (κ2) is 6.76. The summed E-state index contributed by atoms with van der Waals surface area (Å²) in [6, 6.07) is 0. The van der Waals surface area contributed by atoms with E-state index in [4.69, 9.17) is 5.11 Å². The Bertz CT molecular complexity index is 192. The van der Waals surface area contributed by atoms with Gasteiger partial charge < -0.3 is 20.3 Å². The molecule has 0 heterocycles. The molecule has 0 bridgehead atoms. The number of carbonyl (C=O) groups excluding carboxylic acids is 1. The molecular formula is C10H21NO4. The van der Waals surface area contributed by atoms with Crippen molar-refractivity contribution in [1.82, 2.24) is 5.32 Å². The van der Waals surface area contributed by atoms with E-state index in [1.807, 2.05) is 0 Å². The molecule has 0 saturated carbocycles. The summed E-state index contributed by atoms with van der Waals surface area (Å²) in [5.74, 6) is -0.648. The first kappa shape index (κ1) is 14.3. The van der Waals surface area contributed by atoms with Crippen molar-refractivity contribution >= 4 is 5.97 Å². The molecule has 0 aliphatic rings. The van der Waals surface area contributed by atoms with E-state index in [1.54, 1.807) is 6.92 Å². The number of aliphatic hydroxyl groups is 2. The van der Waals surface area contributed by atoms with Crippen LogP contribution in [0, 0.1) is 0 Å². The van der Waals surface area contributed by atoms with E-state index in [1.165, 1.54) is 14.0 Å². The van der Waals surface area contributed by atoms with Crippen LogP contribution in [-0.4, -0.2) is 48.1 Å². The van der Waals surface area contributed by atoms with E-state index < -0.39 is 11.6 Å². The fourth-order valence-corrected chi connectivity index (χ4v) is 1.15. The molecule has 0 aromatic rings. The lowest BCUT2D eigenvalue weighted by Crippen LogP contribution is -2.45. The number of hydrogen-bond acceptors (Lipinski definition) is 5. The Balaban J connectivity index is 3.62. The maximum atomic E-state index is 11.1. The van der Waals surface area contributed by atoms with Crippen LogP contribution in [0.25, 0.3) is 0 Å². The lowest BCUT2D eigenvalue weighted by molar-refractivity contribution is -0.159. The quantitative estimate of drug-likeness (QED) is 0.403. The fourth-order valence-electron chi connectivity index (χ4n) is 1.15. The summed E-state index contributed by atoms with van der Waals surface area (Å²) in [5, 5.41) is 21.5. The zero-order valence-corrected chi connectivity index (χ0v) is 9.62. The van der Waals surface area contributed by atoms with Crippen molar-refractivity contribution < 1.29 is 19.7 Å². The first-order chi connectivity index (χ1) is 6.90. The van der Waals surface area contributed by atoms with Crippen molar-refractivity contribution in [2.75, 3.05) is 20.2 Å². The number of rotatable bonds is 7. The van der Waals surface area contributed by atoms with E-state index in [-0.39, 0.29) is 12.6 Å². The van der Waals surface area contributed by atoms with Gasteiger partial charge in [0, 0.05) is 6.54 Å². The van der Waals surface area contributed by atoms with Crippen LogP contribution in [0.5, 0.6) is 0 Å². The fraction of sp³-hybridized carbons (Fsp3) is 0.900. The van der Waals surface area contributed by atoms with E-state index in [9.17, 15) is 9.90 Å². The summed E-state index contributed by atoms with van der Waals surface area (Å²) in [7, 11) is 1.24. The number of esters is 1. The highest BCUT2D eigenvalue weighted by atomic mass is 16.5. The van der Waals surface area contributed by atoms with E-state index in [0.717, 1.165) is 6.42 Å². The molecule has 15 heavy (non-hydrogen) atoms. The number of aliphatic hydroxyl groups excluding tert-OH is 1. The maximum Gasteiger partial charge on any atom is 0.338 e. The van der Waals surface area contributed by atoms with Gasteiger partial charge in [0.05, 0.1) is 13.2 Å². The first-order valence-corrected chi connectivity index (χ1v) is 5.09. The van der Waals surface area contributed by atoms with Crippen LogP contribution in [0.2, 0.25) is 0 Å². The van der Waals surface area contributed by atoms with Gasteiger partial charge in [0.15, 0.2) is 5.60 Å². The predicted octanol–water partition coefficient (Wildman–Crippen LogP) is -0.339. The highest BCUT2D eigenvalue weighted by molar-refractivity contribution is 5.78. The number of methoxy groups -OCH3 is 1. The van der Waals surface area contributed by atoms with Gasteiger partial charge >= 0.3 is 5.97 Å². The molecule has 0 aromatic carbocycles. The SMILES string of the molecule is COC(=O)C(C)(O)CNCCCC(C)O. The highest BCUT2D eigenvalue weighted by Gasteiger charge is 2.30. The molecule has 0 fully saturated rings. The molecule has 0 saturated heterocycles. The van der Waals surface area contributed by atoms with Crippen LogP contribution in [0.4, 0.5) is 0 Å². The van der Waals surface area contributed by atoms with E-state index in [2.05, 4.69) is 10.1 Å². The number of hydrogen-bond donors (Lipinski definition) is 3. The number of ether oxygens (including phenoxy) is 1. The van der Waals surface area contributed by atoms with Crippen LogP contribution in [0.15, 0.2) is 0 Å². The minimum atomic E-state index is -1.49. The van der Waals surface area contributed by atoms with Gasteiger partial charge in [0.2, 0.25) is 0 Å².